The molecule has 8 heteroatoms. The van der Waals surface area contributed by atoms with Crippen molar-refractivity contribution in [2.24, 2.45) is 0 Å². The average Bonchev–Trinajstić information content (AvgIpc) is 2.52. The number of carbonyl (C=O) groups excluding carboxylic acids is 1. The second-order valence-corrected chi connectivity index (χ2v) is 5.13. The second-order valence-electron chi connectivity index (χ2n) is 5.13. The van der Waals surface area contributed by atoms with E-state index in [0.29, 0.717) is 0 Å². The Morgan fingerprint density at radius 2 is 1.67 bits per heavy atom. The highest BCUT2D eigenvalue weighted by Crippen LogP contribution is 2.20. The minimum absolute atomic E-state index is 0.0543. The maximum atomic E-state index is 13.4. The number of anilines is 1. The molecule has 0 aromatic heterocycles. The number of hydrogen-bond acceptors (Lipinski definition) is 2. The number of nitrogens with one attached hydrogen (secondary N) is 2. The highest BCUT2D eigenvalue weighted by atomic mass is 19.2. The molecule has 2 unspecified atom stereocenters. The SMILES string of the molecule is CC(NC(=O)Nc1cc(F)ccc1F)C(O)c1ccc(F)c(F)c1. The number of hydrogen-bond donors (Lipinski definition) is 3. The van der Waals surface area contributed by atoms with Crippen LogP contribution in [0.3, 0.4) is 0 Å². The number of amides is 2. The van der Waals surface area contributed by atoms with Gasteiger partial charge in [0.1, 0.15) is 11.6 Å². The molecule has 0 aliphatic carbocycles. The van der Waals surface area contributed by atoms with Crippen LogP contribution in [0.1, 0.15) is 18.6 Å². The van der Waals surface area contributed by atoms with Crippen molar-refractivity contribution in [1.82, 2.24) is 5.32 Å². The molecule has 3 N–H and O–H groups in total. The van der Waals surface area contributed by atoms with Gasteiger partial charge in [0.05, 0.1) is 17.8 Å². The van der Waals surface area contributed by atoms with Crippen LogP contribution in [-0.2, 0) is 0 Å². The van der Waals surface area contributed by atoms with E-state index >= 15 is 0 Å². The Morgan fingerprint density at radius 1 is 1.00 bits per heavy atom. The van der Waals surface area contributed by atoms with Crippen LogP contribution in [0.25, 0.3) is 0 Å². The van der Waals surface area contributed by atoms with Crippen molar-refractivity contribution in [3.63, 3.8) is 0 Å². The largest absolute Gasteiger partial charge is 0.386 e. The Hall–Kier alpha value is -2.61. The zero-order valence-corrected chi connectivity index (χ0v) is 12.5. The van der Waals surface area contributed by atoms with Crippen LogP contribution in [0.5, 0.6) is 0 Å². The molecule has 2 aromatic rings. The van der Waals surface area contributed by atoms with E-state index < -0.39 is 41.4 Å². The summed E-state index contributed by atoms with van der Waals surface area (Å²) in [5.41, 5.74) is -0.319. The average molecular weight is 342 g/mol. The number of aliphatic hydroxyl groups excluding tert-OH is 1. The first kappa shape index (κ1) is 17.7. The van der Waals surface area contributed by atoms with Gasteiger partial charge in [-0.3, -0.25) is 0 Å². The van der Waals surface area contributed by atoms with Crippen LogP contribution in [0.15, 0.2) is 36.4 Å². The first-order valence-electron chi connectivity index (χ1n) is 6.93. The van der Waals surface area contributed by atoms with Crippen molar-refractivity contribution in [3.05, 3.63) is 65.2 Å². The molecule has 2 aromatic carbocycles. The second kappa shape index (κ2) is 7.31. The predicted octanol–water partition coefficient (Wildman–Crippen LogP) is 3.49. The van der Waals surface area contributed by atoms with Crippen LogP contribution >= 0.6 is 0 Å². The number of urea groups is 1. The topological polar surface area (TPSA) is 61.4 Å². The van der Waals surface area contributed by atoms with Crippen LogP contribution in [0.4, 0.5) is 28.0 Å². The molecule has 0 aliphatic rings. The molecular weight excluding hydrogens is 328 g/mol. The molecule has 0 spiro atoms. The number of rotatable bonds is 4. The number of carbonyl (C=O) groups is 1. The monoisotopic (exact) mass is 342 g/mol. The minimum atomic E-state index is -1.33. The van der Waals surface area contributed by atoms with E-state index in [4.69, 9.17) is 0 Å². The third-order valence-corrected chi connectivity index (χ3v) is 3.29. The molecule has 0 saturated carbocycles. The maximum Gasteiger partial charge on any atom is 0.319 e. The van der Waals surface area contributed by atoms with Crippen molar-refractivity contribution in [3.8, 4) is 0 Å². The predicted molar refractivity (Wildman–Crippen MR) is 79.3 cm³/mol. The molecule has 2 amide bonds. The summed E-state index contributed by atoms with van der Waals surface area (Å²) in [6.45, 7) is 1.41. The summed E-state index contributed by atoms with van der Waals surface area (Å²) in [5, 5.41) is 14.5. The zero-order valence-electron chi connectivity index (χ0n) is 12.5. The van der Waals surface area contributed by atoms with Gasteiger partial charge in [-0.25, -0.2) is 22.4 Å². The van der Waals surface area contributed by atoms with Gasteiger partial charge in [0.15, 0.2) is 11.6 Å². The molecule has 0 saturated heterocycles. The van der Waals surface area contributed by atoms with Crippen molar-refractivity contribution in [2.45, 2.75) is 19.1 Å². The lowest BCUT2D eigenvalue weighted by Gasteiger charge is -2.21. The van der Waals surface area contributed by atoms with Crippen LogP contribution in [0, 0.1) is 23.3 Å². The van der Waals surface area contributed by atoms with Gasteiger partial charge in [0.2, 0.25) is 0 Å². The minimum Gasteiger partial charge on any atom is -0.386 e. The van der Waals surface area contributed by atoms with E-state index in [1.165, 1.54) is 13.0 Å². The maximum absolute atomic E-state index is 13.4. The Morgan fingerprint density at radius 3 is 2.33 bits per heavy atom. The van der Waals surface area contributed by atoms with Crippen molar-refractivity contribution >= 4 is 11.7 Å². The lowest BCUT2D eigenvalue weighted by Crippen LogP contribution is -2.40. The Balaban J connectivity index is 2.02. The van der Waals surface area contributed by atoms with Crippen molar-refractivity contribution < 1.29 is 27.5 Å². The van der Waals surface area contributed by atoms with E-state index in [2.05, 4.69) is 10.6 Å². The van der Waals surface area contributed by atoms with Gasteiger partial charge in [-0.1, -0.05) is 6.07 Å². The van der Waals surface area contributed by atoms with E-state index in [9.17, 15) is 27.5 Å². The number of benzene rings is 2. The van der Waals surface area contributed by atoms with Gasteiger partial charge in [-0.2, -0.15) is 0 Å². The van der Waals surface area contributed by atoms with E-state index in [1.54, 1.807) is 0 Å². The first-order valence-corrected chi connectivity index (χ1v) is 6.93. The lowest BCUT2D eigenvalue weighted by atomic mass is 10.0. The molecule has 0 aliphatic heterocycles. The molecule has 0 radical (unpaired) electrons. The van der Waals surface area contributed by atoms with Crippen molar-refractivity contribution in [1.29, 1.82) is 0 Å². The van der Waals surface area contributed by atoms with Crippen LogP contribution in [0.2, 0.25) is 0 Å². The molecule has 128 valence electrons. The summed E-state index contributed by atoms with van der Waals surface area (Å²) in [6.07, 6.45) is -1.33. The first-order chi connectivity index (χ1) is 11.3. The molecule has 24 heavy (non-hydrogen) atoms. The van der Waals surface area contributed by atoms with Gasteiger partial charge < -0.3 is 15.7 Å². The Kier molecular flexibility index (Phi) is 5.40. The van der Waals surface area contributed by atoms with E-state index in [0.717, 1.165) is 30.3 Å². The molecular formula is C16H14F4N2O2. The lowest BCUT2D eigenvalue weighted by molar-refractivity contribution is 0.138. The fraction of sp³-hybridized carbons (Fsp3) is 0.188. The quantitative estimate of drug-likeness (QED) is 0.745. The molecule has 4 nitrogen and oxygen atoms in total. The summed E-state index contributed by atoms with van der Waals surface area (Å²) in [7, 11) is 0. The standard InChI is InChI=1S/C16H14F4N2O2/c1-8(15(23)9-2-4-11(18)13(20)6-9)21-16(24)22-14-7-10(17)3-5-12(14)19/h2-8,15,23H,1H3,(H2,21,22,24). The smallest absolute Gasteiger partial charge is 0.319 e. The molecule has 0 bridgehead atoms. The molecule has 2 rings (SSSR count). The number of halogens is 4. The highest BCUT2D eigenvalue weighted by Gasteiger charge is 2.20. The summed E-state index contributed by atoms with van der Waals surface area (Å²) in [5.74, 6) is -3.77. The van der Waals surface area contributed by atoms with Gasteiger partial charge in [-0.15, -0.1) is 0 Å². The molecule has 0 fully saturated rings. The highest BCUT2D eigenvalue weighted by molar-refractivity contribution is 5.89. The third kappa shape index (κ3) is 4.23. The Labute approximate surface area is 135 Å². The summed E-state index contributed by atoms with van der Waals surface area (Å²) >= 11 is 0. The van der Waals surface area contributed by atoms with Crippen LogP contribution in [-0.4, -0.2) is 17.2 Å². The van der Waals surface area contributed by atoms with E-state index in [1.807, 2.05) is 0 Å². The third-order valence-electron chi connectivity index (χ3n) is 3.29. The van der Waals surface area contributed by atoms with Crippen molar-refractivity contribution in [2.75, 3.05) is 5.32 Å². The molecule has 2 atom stereocenters. The van der Waals surface area contributed by atoms with Crippen LogP contribution < -0.4 is 10.6 Å². The van der Waals surface area contributed by atoms with Gasteiger partial charge >= 0.3 is 6.03 Å². The fourth-order valence-corrected chi connectivity index (χ4v) is 2.02. The Bertz CT molecular complexity index is 755. The normalized spacial score (nSPS) is 13.2. The van der Waals surface area contributed by atoms with Gasteiger partial charge in [-0.05, 0) is 36.8 Å². The summed E-state index contributed by atoms with van der Waals surface area (Å²) in [6, 6.07) is 3.57. The van der Waals surface area contributed by atoms with Gasteiger partial charge in [0, 0.05) is 6.07 Å². The number of aliphatic hydroxyl groups is 1. The summed E-state index contributed by atoms with van der Waals surface area (Å²) < 4.78 is 52.5. The summed E-state index contributed by atoms with van der Waals surface area (Å²) in [4.78, 5) is 11.8. The van der Waals surface area contributed by atoms with Gasteiger partial charge in [0.25, 0.3) is 0 Å². The van der Waals surface area contributed by atoms with E-state index in [-0.39, 0.29) is 11.3 Å². The molecule has 0 heterocycles. The fourth-order valence-electron chi connectivity index (χ4n) is 2.02. The zero-order chi connectivity index (χ0) is 17.9.